The Balaban J connectivity index is 1.68. The third kappa shape index (κ3) is 3.93. The molecule has 1 aromatic heterocycles. The molecular formula is C24H27NO4. The molecule has 2 N–H and O–H groups in total. The number of nitrogens with one attached hydrogen (secondary N) is 1. The van der Waals surface area contributed by atoms with Crippen LogP contribution in [0.2, 0.25) is 0 Å². The van der Waals surface area contributed by atoms with E-state index >= 15 is 0 Å². The number of ether oxygens (including phenoxy) is 1. The van der Waals surface area contributed by atoms with Crippen LogP contribution in [-0.2, 0) is 4.74 Å². The predicted octanol–water partition coefficient (Wildman–Crippen LogP) is 4.41. The van der Waals surface area contributed by atoms with Crippen molar-refractivity contribution < 1.29 is 19.1 Å². The van der Waals surface area contributed by atoms with E-state index in [1.165, 1.54) is 18.4 Å². The summed E-state index contributed by atoms with van der Waals surface area (Å²) < 4.78 is 11.0. The molecule has 5 heteroatoms. The van der Waals surface area contributed by atoms with Gasteiger partial charge in [-0.2, -0.15) is 0 Å². The summed E-state index contributed by atoms with van der Waals surface area (Å²) in [6.45, 7) is 3.52. The maximum atomic E-state index is 13.0. The van der Waals surface area contributed by atoms with Crippen molar-refractivity contribution in [2.24, 2.45) is 0 Å². The molecular weight excluding hydrogens is 366 g/mol. The van der Waals surface area contributed by atoms with E-state index in [9.17, 15) is 9.90 Å². The number of aliphatic hydroxyl groups excluding tert-OH is 1. The van der Waals surface area contributed by atoms with Crippen LogP contribution in [0.15, 0.2) is 46.9 Å². The fraction of sp³-hybridized carbons (Fsp3) is 0.375. The number of amides is 1. The van der Waals surface area contributed by atoms with E-state index in [1.807, 2.05) is 18.2 Å². The van der Waals surface area contributed by atoms with Crippen LogP contribution in [0.1, 0.15) is 47.4 Å². The first-order valence-electron chi connectivity index (χ1n) is 10.00. The summed E-state index contributed by atoms with van der Waals surface area (Å²) in [4.78, 5) is 13.0. The number of benzene rings is 2. The summed E-state index contributed by atoms with van der Waals surface area (Å²) in [5.74, 6) is 0.999. The van der Waals surface area contributed by atoms with E-state index in [0.717, 1.165) is 22.4 Å². The number of carbonyl (C=O) groups excluding carboxylic acids is 1. The molecule has 1 aliphatic carbocycles. The minimum Gasteiger partial charge on any atom is -0.461 e. The summed E-state index contributed by atoms with van der Waals surface area (Å²) in [5, 5.41) is 13.3. The third-order valence-electron chi connectivity index (χ3n) is 5.61. The van der Waals surface area contributed by atoms with Gasteiger partial charge in [0.05, 0.1) is 24.3 Å². The van der Waals surface area contributed by atoms with E-state index < -0.39 is 5.54 Å². The molecule has 152 valence electrons. The number of aryl methyl sites for hydroxylation is 1. The van der Waals surface area contributed by atoms with Crippen LogP contribution in [0.3, 0.4) is 0 Å². The van der Waals surface area contributed by atoms with Crippen LogP contribution in [0.25, 0.3) is 22.1 Å². The first kappa shape index (κ1) is 19.7. The number of carbonyl (C=O) groups is 1. The number of fused-ring (bicyclic) bond motifs is 1. The number of hydrogen-bond donors (Lipinski definition) is 2. The van der Waals surface area contributed by atoms with Crippen LogP contribution in [0.5, 0.6) is 0 Å². The van der Waals surface area contributed by atoms with E-state index in [4.69, 9.17) is 9.15 Å². The first-order chi connectivity index (χ1) is 13.9. The highest BCUT2D eigenvalue weighted by atomic mass is 16.5. The fourth-order valence-corrected chi connectivity index (χ4v) is 3.82. The topological polar surface area (TPSA) is 71.7 Å². The zero-order valence-electron chi connectivity index (χ0n) is 17.1. The largest absolute Gasteiger partial charge is 0.461 e. The van der Waals surface area contributed by atoms with Gasteiger partial charge in [0.15, 0.2) is 0 Å². The Morgan fingerprint density at radius 3 is 2.52 bits per heavy atom. The normalized spacial score (nSPS) is 16.0. The molecule has 29 heavy (non-hydrogen) atoms. The van der Waals surface area contributed by atoms with Crippen molar-refractivity contribution in [1.29, 1.82) is 0 Å². The quantitative estimate of drug-likeness (QED) is 0.624. The standard InChI is InChI=1S/C24H27NO4/c1-15-22(23(27)25-24(2,13-26)14-28-3)20-12-19(10-11-21(20)29-15)18-8-6-17(7-9-18)16-4-5-16/h6-12,16,26H,4-5,13-14H2,1-3H3,(H,25,27). The van der Waals surface area contributed by atoms with Gasteiger partial charge in [-0.1, -0.05) is 30.3 Å². The lowest BCUT2D eigenvalue weighted by molar-refractivity contribution is 0.0597. The van der Waals surface area contributed by atoms with E-state index in [0.29, 0.717) is 16.9 Å². The average molecular weight is 393 g/mol. The van der Waals surface area contributed by atoms with Gasteiger partial charge in [-0.25, -0.2) is 0 Å². The molecule has 1 unspecified atom stereocenters. The van der Waals surface area contributed by atoms with Crippen LogP contribution in [0.4, 0.5) is 0 Å². The molecule has 3 aromatic rings. The predicted molar refractivity (Wildman–Crippen MR) is 113 cm³/mol. The molecule has 1 saturated carbocycles. The zero-order chi connectivity index (χ0) is 20.6. The van der Waals surface area contributed by atoms with Gasteiger partial charge in [0.25, 0.3) is 5.91 Å². The summed E-state index contributed by atoms with van der Waals surface area (Å²) in [6, 6.07) is 14.6. The Hall–Kier alpha value is -2.63. The molecule has 1 amide bonds. The van der Waals surface area contributed by atoms with Gasteiger partial charge in [0, 0.05) is 12.5 Å². The van der Waals surface area contributed by atoms with Crippen molar-refractivity contribution in [3.8, 4) is 11.1 Å². The lowest BCUT2D eigenvalue weighted by atomic mass is 9.99. The van der Waals surface area contributed by atoms with Crippen LogP contribution in [-0.4, -0.2) is 36.9 Å². The molecule has 1 fully saturated rings. The smallest absolute Gasteiger partial charge is 0.256 e. The maximum Gasteiger partial charge on any atom is 0.256 e. The van der Waals surface area contributed by atoms with Crippen molar-refractivity contribution >= 4 is 16.9 Å². The Labute approximate surface area is 170 Å². The van der Waals surface area contributed by atoms with Crippen molar-refractivity contribution in [3.63, 3.8) is 0 Å². The lowest BCUT2D eigenvalue weighted by Crippen LogP contribution is -2.52. The summed E-state index contributed by atoms with van der Waals surface area (Å²) in [5.41, 5.74) is 3.85. The molecule has 0 aliphatic heterocycles. The molecule has 4 rings (SSSR count). The fourth-order valence-electron chi connectivity index (χ4n) is 3.82. The van der Waals surface area contributed by atoms with E-state index in [1.54, 1.807) is 21.0 Å². The Morgan fingerprint density at radius 1 is 1.21 bits per heavy atom. The van der Waals surface area contributed by atoms with Crippen molar-refractivity contribution in [2.75, 3.05) is 20.3 Å². The Kier molecular flexibility index (Phi) is 5.19. The second kappa shape index (κ2) is 7.65. The summed E-state index contributed by atoms with van der Waals surface area (Å²) in [6.07, 6.45) is 2.57. The van der Waals surface area contributed by atoms with Gasteiger partial charge in [-0.05, 0) is 61.4 Å². The first-order valence-corrected chi connectivity index (χ1v) is 10.00. The van der Waals surface area contributed by atoms with Gasteiger partial charge in [0.1, 0.15) is 11.3 Å². The molecule has 0 saturated heterocycles. The lowest BCUT2D eigenvalue weighted by Gasteiger charge is -2.27. The van der Waals surface area contributed by atoms with Crippen LogP contribution >= 0.6 is 0 Å². The van der Waals surface area contributed by atoms with Crippen molar-refractivity contribution in [1.82, 2.24) is 5.32 Å². The van der Waals surface area contributed by atoms with Gasteiger partial charge >= 0.3 is 0 Å². The minimum absolute atomic E-state index is 0.211. The molecule has 1 heterocycles. The number of rotatable bonds is 7. The van der Waals surface area contributed by atoms with E-state index in [2.05, 4.69) is 29.6 Å². The molecule has 5 nitrogen and oxygen atoms in total. The van der Waals surface area contributed by atoms with Gasteiger partial charge in [0.2, 0.25) is 0 Å². The van der Waals surface area contributed by atoms with Gasteiger partial charge in [-0.15, -0.1) is 0 Å². The Bertz CT molecular complexity index is 1030. The van der Waals surface area contributed by atoms with Crippen molar-refractivity contribution in [2.45, 2.75) is 38.1 Å². The number of furan rings is 1. The molecule has 1 aliphatic rings. The number of aliphatic hydroxyl groups is 1. The molecule has 2 aromatic carbocycles. The highest BCUT2D eigenvalue weighted by Crippen LogP contribution is 2.40. The number of hydrogen-bond acceptors (Lipinski definition) is 4. The second-order valence-electron chi connectivity index (χ2n) is 8.25. The maximum absolute atomic E-state index is 13.0. The van der Waals surface area contributed by atoms with E-state index in [-0.39, 0.29) is 19.1 Å². The van der Waals surface area contributed by atoms with Gasteiger partial charge in [-0.3, -0.25) is 4.79 Å². The third-order valence-corrected chi connectivity index (χ3v) is 5.61. The van der Waals surface area contributed by atoms with Gasteiger partial charge < -0.3 is 19.6 Å². The minimum atomic E-state index is -0.863. The highest BCUT2D eigenvalue weighted by molar-refractivity contribution is 6.08. The molecule has 1 atom stereocenters. The van der Waals surface area contributed by atoms with Crippen LogP contribution in [0, 0.1) is 6.92 Å². The molecule has 0 bridgehead atoms. The summed E-state index contributed by atoms with van der Waals surface area (Å²) >= 11 is 0. The average Bonchev–Trinajstić information content (AvgIpc) is 3.50. The monoisotopic (exact) mass is 393 g/mol. The second-order valence-corrected chi connectivity index (χ2v) is 8.25. The molecule has 0 spiro atoms. The summed E-state index contributed by atoms with van der Waals surface area (Å²) in [7, 11) is 1.54. The van der Waals surface area contributed by atoms with Crippen LogP contribution < -0.4 is 5.32 Å². The molecule has 0 radical (unpaired) electrons. The van der Waals surface area contributed by atoms with Crippen molar-refractivity contribution in [3.05, 3.63) is 59.4 Å². The highest BCUT2D eigenvalue weighted by Gasteiger charge is 2.29. The number of methoxy groups -OCH3 is 1. The zero-order valence-corrected chi connectivity index (χ0v) is 17.1. The Morgan fingerprint density at radius 2 is 1.90 bits per heavy atom. The SMILES string of the molecule is COCC(C)(CO)NC(=O)c1c(C)oc2ccc(-c3ccc(C4CC4)cc3)cc12.